The highest BCUT2D eigenvalue weighted by atomic mass is 35.5. The summed E-state index contributed by atoms with van der Waals surface area (Å²) in [7, 11) is -2.36. The van der Waals surface area contributed by atoms with Crippen molar-refractivity contribution in [2.45, 2.75) is 13.8 Å². The molecule has 1 aliphatic rings. The molecule has 0 saturated carbocycles. The van der Waals surface area contributed by atoms with Crippen LogP contribution in [0.15, 0.2) is 30.5 Å². The van der Waals surface area contributed by atoms with E-state index in [1.165, 1.54) is 17.5 Å². The Morgan fingerprint density at radius 3 is 2.85 bits per heavy atom. The van der Waals surface area contributed by atoms with E-state index in [0.29, 0.717) is 38.9 Å². The van der Waals surface area contributed by atoms with Gasteiger partial charge in [-0.15, -0.1) is 0 Å². The average Bonchev–Trinajstić information content (AvgIpc) is 3.29. The van der Waals surface area contributed by atoms with Crippen molar-refractivity contribution < 1.29 is 13.6 Å². The van der Waals surface area contributed by atoms with Crippen molar-refractivity contribution >= 4 is 51.3 Å². The molecule has 1 fully saturated rings. The maximum absolute atomic E-state index is 12.7. The van der Waals surface area contributed by atoms with Gasteiger partial charge >= 0.3 is 0 Å². The van der Waals surface area contributed by atoms with Crippen molar-refractivity contribution in [1.29, 1.82) is 0 Å². The molecule has 0 spiro atoms. The predicted molar refractivity (Wildman–Crippen MR) is 137 cm³/mol. The lowest BCUT2D eigenvalue weighted by atomic mass is 10.2. The average molecular weight is 505 g/mol. The van der Waals surface area contributed by atoms with E-state index in [2.05, 4.69) is 35.4 Å². The molecule has 2 aromatic heterocycles. The van der Waals surface area contributed by atoms with Crippen LogP contribution in [0.4, 0.5) is 22.5 Å². The molecular formula is C23H28ClN7O2S. The molecule has 3 heterocycles. The van der Waals surface area contributed by atoms with Gasteiger partial charge in [0.15, 0.2) is 5.13 Å². The van der Waals surface area contributed by atoms with Crippen LogP contribution in [0.1, 0.15) is 25.2 Å². The van der Waals surface area contributed by atoms with Crippen LogP contribution in [0.5, 0.6) is 0 Å². The van der Waals surface area contributed by atoms with E-state index in [-0.39, 0.29) is 12.5 Å². The lowest BCUT2D eigenvalue weighted by molar-refractivity contribution is 0.103. The van der Waals surface area contributed by atoms with Gasteiger partial charge in [0.25, 0.3) is 5.91 Å². The second kappa shape index (κ2) is 11.1. The zero-order chi connectivity index (χ0) is 26.6. The number of amides is 1. The van der Waals surface area contributed by atoms with E-state index < -0.39 is 7.04 Å². The first-order chi connectivity index (χ1) is 17.6. The van der Waals surface area contributed by atoms with E-state index >= 15 is 0 Å². The number of carbonyl (C=O) groups excluding carboxylic acids is 1. The third-order valence-corrected chi connectivity index (χ3v) is 6.68. The van der Waals surface area contributed by atoms with Crippen molar-refractivity contribution in [1.82, 2.24) is 19.9 Å². The van der Waals surface area contributed by atoms with Gasteiger partial charge in [-0.25, -0.2) is 15.0 Å². The monoisotopic (exact) mass is 504 g/mol. The molecule has 0 bridgehead atoms. The van der Waals surface area contributed by atoms with Crippen molar-refractivity contribution in [2.75, 3.05) is 61.9 Å². The van der Waals surface area contributed by atoms with Crippen LogP contribution in [-0.4, -0.2) is 72.1 Å². The highest BCUT2D eigenvalue weighted by molar-refractivity contribution is 7.17. The van der Waals surface area contributed by atoms with Gasteiger partial charge in [0.2, 0.25) is 0 Å². The fourth-order valence-corrected chi connectivity index (χ4v) is 4.65. The number of nitrogens with one attached hydrogen (secondary N) is 2. The normalized spacial score (nSPS) is 16.0. The molecule has 1 aliphatic heterocycles. The lowest BCUT2D eigenvalue weighted by Gasteiger charge is -2.35. The highest BCUT2D eigenvalue weighted by Crippen LogP contribution is 2.28. The minimum Gasteiger partial charge on any atom is -0.383 e. The van der Waals surface area contributed by atoms with Gasteiger partial charge in [0.1, 0.15) is 22.3 Å². The number of thiazole rings is 1. The molecule has 1 aromatic carbocycles. The maximum Gasteiger partial charge on any atom is 0.267 e. The first-order valence-corrected chi connectivity index (χ1v) is 12.0. The topological polar surface area (TPSA) is 95.5 Å². The van der Waals surface area contributed by atoms with Crippen LogP contribution >= 0.6 is 22.9 Å². The summed E-state index contributed by atoms with van der Waals surface area (Å²) in [6.45, 7) is 7.47. The van der Waals surface area contributed by atoms with Crippen molar-refractivity contribution in [3.05, 3.63) is 51.7 Å². The lowest BCUT2D eigenvalue weighted by Crippen LogP contribution is -2.47. The Morgan fingerprint density at radius 2 is 2.09 bits per heavy atom. The Bertz CT molecular complexity index is 1230. The van der Waals surface area contributed by atoms with Crippen LogP contribution in [0.25, 0.3) is 0 Å². The third-order valence-electron chi connectivity index (χ3n) is 5.46. The van der Waals surface area contributed by atoms with Crippen molar-refractivity contribution in [2.24, 2.45) is 0 Å². The summed E-state index contributed by atoms with van der Waals surface area (Å²) >= 11 is 7.44. The maximum atomic E-state index is 12.7. The summed E-state index contributed by atoms with van der Waals surface area (Å²) in [5.74, 6) is 1.69. The Morgan fingerprint density at radius 1 is 1.26 bits per heavy atom. The van der Waals surface area contributed by atoms with Gasteiger partial charge in [-0.2, -0.15) is 0 Å². The molecule has 0 unspecified atom stereocenters. The van der Waals surface area contributed by atoms with Gasteiger partial charge in [-0.3, -0.25) is 9.69 Å². The molecule has 1 saturated heterocycles. The number of methoxy groups -OCH3 is 1. The molecule has 11 heteroatoms. The largest absolute Gasteiger partial charge is 0.383 e. The summed E-state index contributed by atoms with van der Waals surface area (Å²) in [4.78, 5) is 30.9. The summed E-state index contributed by atoms with van der Waals surface area (Å²) in [6.07, 6.45) is 1.51. The molecule has 0 radical (unpaired) electrons. The quantitative estimate of drug-likeness (QED) is 0.476. The first-order valence-electron chi connectivity index (χ1n) is 12.3. The van der Waals surface area contributed by atoms with Crippen LogP contribution in [0.3, 0.4) is 0 Å². The fraction of sp³-hybridized carbons (Fsp3) is 0.391. The molecule has 3 aromatic rings. The number of para-hydroxylation sites is 1. The Balaban J connectivity index is 1.35. The number of halogens is 1. The Kier molecular flexibility index (Phi) is 6.71. The van der Waals surface area contributed by atoms with Crippen LogP contribution in [-0.2, 0) is 4.74 Å². The molecule has 1 amide bonds. The fourth-order valence-electron chi connectivity index (χ4n) is 3.67. The highest BCUT2D eigenvalue weighted by Gasteiger charge is 2.19. The number of ether oxygens (including phenoxy) is 1. The van der Waals surface area contributed by atoms with E-state index in [9.17, 15) is 4.79 Å². The number of aryl methyl sites for hydroxylation is 2. The molecule has 4 rings (SSSR count). The summed E-state index contributed by atoms with van der Waals surface area (Å²) in [5, 5.41) is 7.05. The number of benzene rings is 1. The minimum absolute atomic E-state index is 0.170. The SMILES string of the molecule is [2H]C([2H])([2H])OCCN1CCN(c2cc(Nc3ncc(C(=O)Nc4c(C)cccc4Cl)s3)nc(C)n2)CC1. The molecular weight excluding hydrogens is 474 g/mol. The second-order valence-corrected chi connectivity index (χ2v) is 9.31. The number of aromatic nitrogens is 3. The Labute approximate surface area is 212 Å². The van der Waals surface area contributed by atoms with E-state index in [0.717, 1.165) is 37.6 Å². The predicted octanol–water partition coefficient (Wildman–Crippen LogP) is 3.97. The second-order valence-electron chi connectivity index (χ2n) is 7.88. The number of nitrogens with zero attached hydrogens (tertiary/aromatic N) is 5. The molecule has 180 valence electrons. The minimum atomic E-state index is -2.36. The standard InChI is InChI=1S/C23H28ClN7O2S/c1-15-5-4-6-17(24)21(15)29-22(32)18-14-25-23(34-18)28-19-13-20(27-16(2)26-19)31-9-7-30(8-10-31)11-12-33-3/h4-6,13-14H,7-12H2,1-3H3,(H,29,32)(H,25,26,27,28)/i3D3. The zero-order valence-electron chi connectivity index (χ0n) is 22.0. The number of piperazine rings is 1. The van der Waals surface area contributed by atoms with Crippen LogP contribution in [0.2, 0.25) is 5.02 Å². The molecule has 34 heavy (non-hydrogen) atoms. The van der Waals surface area contributed by atoms with Crippen LogP contribution < -0.4 is 15.5 Å². The van der Waals surface area contributed by atoms with E-state index in [1.54, 1.807) is 6.07 Å². The Hall–Kier alpha value is -2.79. The molecule has 9 nitrogen and oxygen atoms in total. The van der Waals surface area contributed by atoms with Gasteiger partial charge in [0, 0.05) is 45.8 Å². The number of carbonyl (C=O) groups is 1. The van der Waals surface area contributed by atoms with Gasteiger partial charge in [0.05, 0.1) is 27.6 Å². The number of rotatable bonds is 8. The summed E-state index contributed by atoms with van der Waals surface area (Å²) in [5.41, 5.74) is 1.45. The van der Waals surface area contributed by atoms with Crippen molar-refractivity contribution in [3.63, 3.8) is 0 Å². The summed E-state index contributed by atoms with van der Waals surface area (Å²) in [6, 6.07) is 7.30. The van der Waals surface area contributed by atoms with Gasteiger partial charge in [-0.1, -0.05) is 35.1 Å². The number of hydrogen-bond acceptors (Lipinski definition) is 9. The van der Waals surface area contributed by atoms with Crippen molar-refractivity contribution in [3.8, 4) is 0 Å². The molecule has 2 N–H and O–H groups in total. The van der Waals surface area contributed by atoms with Gasteiger partial charge in [-0.05, 0) is 25.5 Å². The number of anilines is 4. The van der Waals surface area contributed by atoms with Gasteiger partial charge < -0.3 is 20.3 Å². The summed E-state index contributed by atoms with van der Waals surface area (Å²) < 4.78 is 26.3. The van der Waals surface area contributed by atoms with E-state index in [1.807, 2.05) is 32.0 Å². The smallest absolute Gasteiger partial charge is 0.267 e. The van der Waals surface area contributed by atoms with Crippen LogP contribution in [0, 0.1) is 13.8 Å². The first kappa shape index (κ1) is 20.6. The third kappa shape index (κ3) is 6.01. The molecule has 0 aliphatic carbocycles. The zero-order valence-corrected chi connectivity index (χ0v) is 20.5. The molecule has 0 atom stereocenters. The number of hydrogen-bond donors (Lipinski definition) is 2. The van der Waals surface area contributed by atoms with E-state index in [4.69, 9.17) is 20.5 Å².